The second kappa shape index (κ2) is 5.25. The summed E-state index contributed by atoms with van der Waals surface area (Å²) in [4.78, 5) is 15.1. The van der Waals surface area contributed by atoms with Gasteiger partial charge in [-0.05, 0) is 48.7 Å². The zero-order valence-electron chi connectivity index (χ0n) is 11.4. The average Bonchev–Trinajstić information content (AvgIpc) is 2.47. The van der Waals surface area contributed by atoms with Crippen molar-refractivity contribution in [2.75, 3.05) is 0 Å². The van der Waals surface area contributed by atoms with E-state index in [4.69, 9.17) is 9.84 Å². The van der Waals surface area contributed by atoms with Gasteiger partial charge in [0.05, 0.1) is 5.56 Å². The van der Waals surface area contributed by atoms with Crippen LogP contribution in [-0.4, -0.2) is 16.1 Å². The summed E-state index contributed by atoms with van der Waals surface area (Å²) in [5, 5.41) is 10.9. The van der Waals surface area contributed by atoms with Crippen molar-refractivity contribution in [1.29, 1.82) is 0 Å². The Kier molecular flexibility index (Phi) is 3.28. The van der Waals surface area contributed by atoms with Gasteiger partial charge in [0.25, 0.3) is 0 Å². The quantitative estimate of drug-likeness (QED) is 0.786. The summed E-state index contributed by atoms with van der Waals surface area (Å²) in [6.07, 6.45) is 1.70. The van der Waals surface area contributed by atoms with Gasteiger partial charge < -0.3 is 9.84 Å². The van der Waals surface area contributed by atoms with Gasteiger partial charge in [-0.3, -0.25) is 0 Å². The predicted octanol–water partition coefficient (Wildman–Crippen LogP) is 4.03. The van der Waals surface area contributed by atoms with Crippen molar-refractivity contribution in [1.82, 2.24) is 4.98 Å². The number of fused-ring (bicyclic) bond motifs is 1. The standard InChI is InChI=1S/C17H13NO3/c1-11-2-7-15-13(10-11)8-9-18-16(15)21-14-5-3-12(4-6-14)17(19)20/h2-10H,1H3,(H,19,20). The van der Waals surface area contributed by atoms with Crippen molar-refractivity contribution in [2.24, 2.45) is 0 Å². The highest BCUT2D eigenvalue weighted by atomic mass is 16.5. The Morgan fingerprint density at radius 1 is 1.10 bits per heavy atom. The SMILES string of the molecule is Cc1ccc2c(Oc3ccc(C(=O)O)cc3)nccc2c1. The lowest BCUT2D eigenvalue weighted by atomic mass is 10.1. The maximum atomic E-state index is 10.8. The van der Waals surface area contributed by atoms with Crippen molar-refractivity contribution < 1.29 is 14.6 Å². The van der Waals surface area contributed by atoms with Gasteiger partial charge >= 0.3 is 5.97 Å². The van der Waals surface area contributed by atoms with Crippen LogP contribution >= 0.6 is 0 Å². The fraction of sp³-hybridized carbons (Fsp3) is 0.0588. The molecule has 3 aromatic rings. The summed E-state index contributed by atoms with van der Waals surface area (Å²) in [6, 6.07) is 14.2. The molecule has 3 rings (SSSR count). The lowest BCUT2D eigenvalue weighted by Crippen LogP contribution is -1.95. The van der Waals surface area contributed by atoms with Gasteiger partial charge in [0.1, 0.15) is 5.75 Å². The van der Waals surface area contributed by atoms with Gasteiger partial charge in [-0.25, -0.2) is 9.78 Å². The molecule has 1 heterocycles. The van der Waals surface area contributed by atoms with Crippen LogP contribution in [0.25, 0.3) is 10.8 Å². The highest BCUT2D eigenvalue weighted by molar-refractivity contribution is 5.88. The summed E-state index contributed by atoms with van der Waals surface area (Å²) in [5.41, 5.74) is 1.40. The second-order valence-electron chi connectivity index (χ2n) is 4.77. The van der Waals surface area contributed by atoms with Crippen molar-refractivity contribution >= 4 is 16.7 Å². The van der Waals surface area contributed by atoms with E-state index in [0.29, 0.717) is 11.6 Å². The Labute approximate surface area is 121 Å². The number of carbonyl (C=O) groups is 1. The highest BCUT2D eigenvalue weighted by Gasteiger charge is 2.07. The normalized spacial score (nSPS) is 10.5. The molecule has 1 N–H and O–H groups in total. The smallest absolute Gasteiger partial charge is 0.335 e. The fourth-order valence-electron chi connectivity index (χ4n) is 2.13. The van der Waals surface area contributed by atoms with E-state index in [1.807, 2.05) is 25.1 Å². The molecule has 0 spiro atoms. The molecule has 4 nitrogen and oxygen atoms in total. The van der Waals surface area contributed by atoms with Crippen LogP contribution in [-0.2, 0) is 0 Å². The maximum Gasteiger partial charge on any atom is 0.335 e. The van der Waals surface area contributed by atoms with E-state index < -0.39 is 5.97 Å². The largest absolute Gasteiger partial charge is 0.478 e. The first-order valence-electron chi connectivity index (χ1n) is 6.50. The molecule has 0 atom stereocenters. The van der Waals surface area contributed by atoms with Gasteiger partial charge in [-0.15, -0.1) is 0 Å². The summed E-state index contributed by atoms with van der Waals surface area (Å²) >= 11 is 0. The number of ether oxygens (including phenoxy) is 1. The number of carboxylic acids is 1. The Morgan fingerprint density at radius 3 is 2.57 bits per heavy atom. The number of carboxylic acid groups (broad SMARTS) is 1. The van der Waals surface area contributed by atoms with Crippen LogP contribution in [0.5, 0.6) is 11.6 Å². The molecule has 1 aromatic heterocycles. The number of aryl methyl sites for hydroxylation is 1. The molecule has 0 saturated heterocycles. The lowest BCUT2D eigenvalue weighted by molar-refractivity contribution is 0.0697. The van der Waals surface area contributed by atoms with E-state index in [0.717, 1.165) is 10.8 Å². The molecular formula is C17H13NO3. The van der Waals surface area contributed by atoms with Crippen LogP contribution in [0.2, 0.25) is 0 Å². The lowest BCUT2D eigenvalue weighted by Gasteiger charge is -2.08. The van der Waals surface area contributed by atoms with Crippen LogP contribution in [0.3, 0.4) is 0 Å². The van der Waals surface area contributed by atoms with E-state index in [9.17, 15) is 4.79 Å². The minimum Gasteiger partial charge on any atom is -0.478 e. The minimum atomic E-state index is -0.958. The predicted molar refractivity (Wildman–Crippen MR) is 80.0 cm³/mol. The Bertz CT molecular complexity index is 810. The molecule has 0 saturated carbocycles. The Balaban J connectivity index is 1.96. The molecule has 0 amide bonds. The van der Waals surface area contributed by atoms with Crippen LogP contribution < -0.4 is 4.74 Å². The molecular weight excluding hydrogens is 266 g/mol. The Hall–Kier alpha value is -2.88. The second-order valence-corrected chi connectivity index (χ2v) is 4.77. The van der Waals surface area contributed by atoms with Crippen molar-refractivity contribution in [2.45, 2.75) is 6.92 Å². The zero-order chi connectivity index (χ0) is 14.8. The van der Waals surface area contributed by atoms with Crippen molar-refractivity contribution in [3.8, 4) is 11.6 Å². The molecule has 0 bridgehead atoms. The number of pyridine rings is 1. The van der Waals surface area contributed by atoms with Gasteiger partial charge in [0.15, 0.2) is 0 Å². The van der Waals surface area contributed by atoms with E-state index in [-0.39, 0.29) is 5.56 Å². The third-order valence-electron chi connectivity index (χ3n) is 3.20. The van der Waals surface area contributed by atoms with Gasteiger partial charge in [0.2, 0.25) is 5.88 Å². The van der Waals surface area contributed by atoms with Gasteiger partial charge in [-0.1, -0.05) is 17.7 Å². The zero-order valence-corrected chi connectivity index (χ0v) is 11.4. The first-order chi connectivity index (χ1) is 10.1. The molecule has 21 heavy (non-hydrogen) atoms. The van der Waals surface area contributed by atoms with E-state index in [1.54, 1.807) is 18.3 Å². The number of rotatable bonds is 3. The van der Waals surface area contributed by atoms with E-state index in [1.165, 1.54) is 17.7 Å². The number of hydrogen-bond acceptors (Lipinski definition) is 3. The molecule has 4 heteroatoms. The van der Waals surface area contributed by atoms with Crippen molar-refractivity contribution in [3.63, 3.8) is 0 Å². The van der Waals surface area contributed by atoms with Crippen LogP contribution in [0, 0.1) is 6.92 Å². The van der Waals surface area contributed by atoms with Crippen LogP contribution in [0.15, 0.2) is 54.7 Å². The number of aromatic carboxylic acids is 1. The highest BCUT2D eigenvalue weighted by Crippen LogP contribution is 2.28. The number of nitrogens with zero attached hydrogens (tertiary/aromatic N) is 1. The molecule has 0 aliphatic rings. The molecule has 0 radical (unpaired) electrons. The van der Waals surface area contributed by atoms with Crippen molar-refractivity contribution in [3.05, 3.63) is 65.9 Å². The monoisotopic (exact) mass is 279 g/mol. The summed E-state index contributed by atoms with van der Waals surface area (Å²) in [7, 11) is 0. The van der Waals surface area contributed by atoms with E-state index in [2.05, 4.69) is 11.1 Å². The molecule has 2 aromatic carbocycles. The number of benzene rings is 2. The minimum absolute atomic E-state index is 0.226. The van der Waals surface area contributed by atoms with Crippen LogP contribution in [0.1, 0.15) is 15.9 Å². The van der Waals surface area contributed by atoms with Gasteiger partial charge in [0, 0.05) is 11.6 Å². The van der Waals surface area contributed by atoms with E-state index >= 15 is 0 Å². The molecule has 0 aliphatic heterocycles. The molecule has 104 valence electrons. The summed E-state index contributed by atoms with van der Waals surface area (Å²) < 4.78 is 5.76. The molecule has 0 aliphatic carbocycles. The molecule has 0 fully saturated rings. The molecule has 0 unspecified atom stereocenters. The average molecular weight is 279 g/mol. The third kappa shape index (κ3) is 2.69. The topological polar surface area (TPSA) is 59.4 Å². The van der Waals surface area contributed by atoms with Crippen LogP contribution in [0.4, 0.5) is 0 Å². The maximum absolute atomic E-state index is 10.8. The fourth-order valence-corrected chi connectivity index (χ4v) is 2.13. The number of hydrogen-bond donors (Lipinski definition) is 1. The van der Waals surface area contributed by atoms with Gasteiger partial charge in [-0.2, -0.15) is 0 Å². The summed E-state index contributed by atoms with van der Waals surface area (Å²) in [5.74, 6) is 0.108. The first-order valence-corrected chi connectivity index (χ1v) is 6.50. The first kappa shape index (κ1) is 13.1. The Morgan fingerprint density at radius 2 is 1.86 bits per heavy atom. The third-order valence-corrected chi connectivity index (χ3v) is 3.20. The summed E-state index contributed by atoms with van der Waals surface area (Å²) in [6.45, 7) is 2.03. The number of aromatic nitrogens is 1.